The van der Waals surface area contributed by atoms with Gasteiger partial charge in [-0.3, -0.25) is 4.79 Å². The summed E-state index contributed by atoms with van der Waals surface area (Å²) in [6.45, 7) is 4.16. The average molecular weight is 350 g/mol. The van der Waals surface area contributed by atoms with Gasteiger partial charge in [0.1, 0.15) is 23.7 Å². The number of hydrogen-bond acceptors (Lipinski definition) is 4. The highest BCUT2D eigenvalue weighted by Crippen LogP contribution is 2.17. The van der Waals surface area contributed by atoms with Gasteiger partial charge in [-0.2, -0.15) is 0 Å². The zero-order valence-corrected chi connectivity index (χ0v) is 14.6. The summed E-state index contributed by atoms with van der Waals surface area (Å²) in [5.41, 5.74) is 3.52. The summed E-state index contributed by atoms with van der Waals surface area (Å²) in [5, 5.41) is 5.87. The topological polar surface area (TPSA) is 66.9 Å². The third-order valence-electron chi connectivity index (χ3n) is 3.96. The Morgan fingerprint density at radius 3 is 2.69 bits per heavy atom. The van der Waals surface area contributed by atoms with E-state index < -0.39 is 0 Å². The van der Waals surface area contributed by atoms with E-state index in [2.05, 4.69) is 20.6 Å². The van der Waals surface area contributed by atoms with Crippen molar-refractivity contribution in [3.05, 3.63) is 83.1 Å². The minimum atomic E-state index is -0.324. The molecule has 1 aromatic heterocycles. The molecule has 0 saturated carbocycles. The van der Waals surface area contributed by atoms with Gasteiger partial charge in [0.2, 0.25) is 0 Å². The quantitative estimate of drug-likeness (QED) is 0.727. The van der Waals surface area contributed by atoms with E-state index in [0.29, 0.717) is 11.4 Å². The Hall–Kier alpha value is -3.28. The monoisotopic (exact) mass is 350 g/mol. The molecule has 0 aliphatic rings. The van der Waals surface area contributed by atoms with E-state index in [9.17, 15) is 9.18 Å². The number of benzene rings is 2. The van der Waals surface area contributed by atoms with Crippen molar-refractivity contribution in [2.24, 2.45) is 0 Å². The van der Waals surface area contributed by atoms with E-state index >= 15 is 0 Å². The molecule has 3 aromatic rings. The third-order valence-corrected chi connectivity index (χ3v) is 3.96. The highest BCUT2D eigenvalue weighted by molar-refractivity contribution is 6.03. The van der Waals surface area contributed by atoms with Crippen LogP contribution in [0, 0.1) is 19.7 Å². The van der Waals surface area contributed by atoms with Crippen molar-refractivity contribution in [2.75, 3.05) is 10.6 Å². The summed E-state index contributed by atoms with van der Waals surface area (Å²) < 4.78 is 13.7. The van der Waals surface area contributed by atoms with Gasteiger partial charge in [-0.1, -0.05) is 30.3 Å². The molecule has 2 aromatic carbocycles. The number of nitrogens with zero attached hydrogens (tertiary/aromatic N) is 2. The number of carbonyl (C=O) groups is 1. The smallest absolute Gasteiger partial charge is 0.274 e. The first-order chi connectivity index (χ1) is 12.5. The minimum Gasteiger partial charge on any atom is -0.366 e. The van der Waals surface area contributed by atoms with Crippen LogP contribution in [0.5, 0.6) is 0 Å². The minimum absolute atomic E-state index is 0.233. The lowest BCUT2D eigenvalue weighted by Crippen LogP contribution is -2.15. The summed E-state index contributed by atoms with van der Waals surface area (Å²) in [6.07, 6.45) is 1.31. The summed E-state index contributed by atoms with van der Waals surface area (Å²) in [4.78, 5) is 20.6. The van der Waals surface area contributed by atoms with E-state index in [1.165, 1.54) is 12.4 Å². The van der Waals surface area contributed by atoms with Gasteiger partial charge in [0.25, 0.3) is 5.91 Å². The van der Waals surface area contributed by atoms with Crippen LogP contribution in [0.2, 0.25) is 0 Å². The molecule has 0 radical (unpaired) electrons. The highest BCUT2D eigenvalue weighted by atomic mass is 19.1. The van der Waals surface area contributed by atoms with E-state index in [1.807, 2.05) is 32.0 Å². The predicted molar refractivity (Wildman–Crippen MR) is 99.6 cm³/mol. The first-order valence-electron chi connectivity index (χ1n) is 8.21. The maximum atomic E-state index is 13.7. The van der Waals surface area contributed by atoms with Gasteiger partial charge < -0.3 is 10.6 Å². The Labute approximate surface area is 151 Å². The lowest BCUT2D eigenvalue weighted by molar-refractivity contribution is 0.102. The first kappa shape index (κ1) is 17.5. The summed E-state index contributed by atoms with van der Waals surface area (Å²) in [5.74, 6) is -0.161. The fourth-order valence-corrected chi connectivity index (χ4v) is 2.46. The van der Waals surface area contributed by atoms with E-state index in [1.54, 1.807) is 24.3 Å². The molecule has 0 unspecified atom stereocenters. The Balaban J connectivity index is 1.71. The van der Waals surface area contributed by atoms with Gasteiger partial charge >= 0.3 is 0 Å². The lowest BCUT2D eigenvalue weighted by atomic mass is 10.1. The second-order valence-electron chi connectivity index (χ2n) is 6.01. The second-order valence-corrected chi connectivity index (χ2v) is 6.01. The molecule has 0 fully saturated rings. The van der Waals surface area contributed by atoms with Crippen LogP contribution in [-0.2, 0) is 6.54 Å². The summed E-state index contributed by atoms with van der Waals surface area (Å²) >= 11 is 0. The number of aromatic nitrogens is 2. The van der Waals surface area contributed by atoms with E-state index in [4.69, 9.17) is 0 Å². The molecule has 2 N–H and O–H groups in total. The van der Waals surface area contributed by atoms with Crippen molar-refractivity contribution in [3.8, 4) is 0 Å². The molecule has 26 heavy (non-hydrogen) atoms. The molecule has 1 heterocycles. The molecule has 0 aliphatic carbocycles. The zero-order valence-electron chi connectivity index (χ0n) is 14.6. The summed E-state index contributed by atoms with van der Waals surface area (Å²) in [6, 6.07) is 13.9. The number of rotatable bonds is 5. The van der Waals surface area contributed by atoms with Gasteiger partial charge in [-0.25, -0.2) is 14.4 Å². The number of nitrogens with one attached hydrogen (secondary N) is 2. The van der Waals surface area contributed by atoms with Crippen molar-refractivity contribution in [2.45, 2.75) is 20.4 Å². The number of carbonyl (C=O) groups excluding carboxylic acids is 1. The second kappa shape index (κ2) is 7.74. The third kappa shape index (κ3) is 4.22. The molecule has 3 rings (SSSR count). The first-order valence-corrected chi connectivity index (χ1v) is 8.21. The standard InChI is InChI=1S/C20H19FN4O/c1-13-7-8-14(2)17(9-13)25-20(26)18-10-19(24-12-23-18)22-11-15-5-3-4-6-16(15)21/h3-10,12H,11H2,1-2H3,(H,25,26)(H,22,23,24). The molecule has 6 heteroatoms. The number of amides is 1. The van der Waals surface area contributed by atoms with Gasteiger partial charge in [0, 0.05) is 23.9 Å². The van der Waals surface area contributed by atoms with Crippen LogP contribution in [0.1, 0.15) is 27.2 Å². The van der Waals surface area contributed by atoms with Crippen molar-refractivity contribution >= 4 is 17.4 Å². The van der Waals surface area contributed by atoms with Crippen LogP contribution in [0.25, 0.3) is 0 Å². The van der Waals surface area contributed by atoms with Gasteiger partial charge in [0.05, 0.1) is 0 Å². The molecule has 0 atom stereocenters. The van der Waals surface area contributed by atoms with Crippen LogP contribution in [0.4, 0.5) is 15.9 Å². The normalized spacial score (nSPS) is 10.4. The molecule has 0 saturated heterocycles. The maximum Gasteiger partial charge on any atom is 0.274 e. The van der Waals surface area contributed by atoms with Crippen LogP contribution in [-0.4, -0.2) is 15.9 Å². The van der Waals surface area contributed by atoms with Crippen molar-refractivity contribution in [1.29, 1.82) is 0 Å². The van der Waals surface area contributed by atoms with Gasteiger partial charge in [-0.15, -0.1) is 0 Å². The van der Waals surface area contributed by atoms with Crippen molar-refractivity contribution in [3.63, 3.8) is 0 Å². The van der Waals surface area contributed by atoms with Crippen LogP contribution >= 0.6 is 0 Å². The predicted octanol–water partition coefficient (Wildman–Crippen LogP) is 4.10. The zero-order chi connectivity index (χ0) is 18.5. The Bertz CT molecular complexity index is 943. The molecule has 0 bridgehead atoms. The van der Waals surface area contributed by atoms with E-state index in [0.717, 1.165) is 16.8 Å². The van der Waals surface area contributed by atoms with Crippen LogP contribution in [0.15, 0.2) is 54.9 Å². The molecule has 132 valence electrons. The lowest BCUT2D eigenvalue weighted by Gasteiger charge is -2.10. The van der Waals surface area contributed by atoms with Gasteiger partial charge in [0.15, 0.2) is 0 Å². The Morgan fingerprint density at radius 2 is 1.88 bits per heavy atom. The number of hydrogen-bond donors (Lipinski definition) is 2. The van der Waals surface area contributed by atoms with Crippen molar-refractivity contribution in [1.82, 2.24) is 9.97 Å². The van der Waals surface area contributed by atoms with Crippen LogP contribution < -0.4 is 10.6 Å². The van der Waals surface area contributed by atoms with Gasteiger partial charge in [-0.05, 0) is 37.1 Å². The van der Waals surface area contributed by atoms with Crippen LogP contribution in [0.3, 0.4) is 0 Å². The molecule has 0 aliphatic heterocycles. The highest BCUT2D eigenvalue weighted by Gasteiger charge is 2.11. The SMILES string of the molecule is Cc1ccc(C)c(NC(=O)c2cc(NCc3ccccc3F)ncn2)c1. The number of anilines is 2. The molecular weight excluding hydrogens is 331 g/mol. The van der Waals surface area contributed by atoms with Crippen molar-refractivity contribution < 1.29 is 9.18 Å². The number of aryl methyl sites for hydroxylation is 2. The Morgan fingerprint density at radius 1 is 1.08 bits per heavy atom. The Kier molecular flexibility index (Phi) is 5.22. The number of halogens is 1. The van der Waals surface area contributed by atoms with E-state index in [-0.39, 0.29) is 24.0 Å². The summed E-state index contributed by atoms with van der Waals surface area (Å²) in [7, 11) is 0. The fraction of sp³-hybridized carbons (Fsp3) is 0.150. The molecular formula is C20H19FN4O. The molecule has 1 amide bonds. The largest absolute Gasteiger partial charge is 0.366 e. The average Bonchev–Trinajstić information content (AvgIpc) is 2.64. The molecule has 5 nitrogen and oxygen atoms in total. The molecule has 0 spiro atoms. The fourth-order valence-electron chi connectivity index (χ4n) is 2.46. The maximum absolute atomic E-state index is 13.7.